The first-order chi connectivity index (χ1) is 12.3. The fraction of sp³-hybridized carbons (Fsp3) is 0.211. The highest BCUT2D eigenvalue weighted by molar-refractivity contribution is 5.91. The normalized spacial score (nSPS) is 12.3. The van der Waals surface area contributed by atoms with Crippen LogP contribution < -0.4 is 9.47 Å². The van der Waals surface area contributed by atoms with Crippen LogP contribution in [0.1, 0.15) is 28.9 Å². The topological polar surface area (TPSA) is 44.8 Å². The largest absolute Gasteiger partial charge is 0.523 e. The lowest BCUT2D eigenvalue weighted by molar-refractivity contribution is -0.342. The maximum absolute atomic E-state index is 12.2. The summed E-state index contributed by atoms with van der Waals surface area (Å²) in [5, 5.41) is 0. The van der Waals surface area contributed by atoms with Gasteiger partial charge in [0.15, 0.2) is 0 Å². The molecule has 0 aliphatic heterocycles. The number of hydrogen-bond donors (Lipinski definition) is 0. The maximum Gasteiger partial charge on any atom is 0.523 e. The van der Waals surface area contributed by atoms with Crippen LogP contribution in [0.4, 0.5) is 13.2 Å². The molecule has 0 aromatic heterocycles. The molecule has 2 rings (SSSR count). The summed E-state index contributed by atoms with van der Waals surface area (Å²) in [6, 6.07) is 12.0. The van der Waals surface area contributed by atoms with Gasteiger partial charge in [-0.1, -0.05) is 24.8 Å². The second-order valence-corrected chi connectivity index (χ2v) is 5.29. The number of halogens is 3. The molecule has 1 atom stereocenters. The molecule has 138 valence electrons. The van der Waals surface area contributed by atoms with Crippen LogP contribution >= 0.6 is 0 Å². The van der Waals surface area contributed by atoms with Gasteiger partial charge in [0.05, 0.1) is 11.7 Å². The van der Waals surface area contributed by atoms with Gasteiger partial charge in [-0.15, -0.1) is 13.2 Å². The van der Waals surface area contributed by atoms with Crippen molar-refractivity contribution in [1.29, 1.82) is 0 Å². The molecule has 0 bridgehead atoms. The summed E-state index contributed by atoms with van der Waals surface area (Å²) >= 11 is 0. The van der Waals surface area contributed by atoms with Crippen molar-refractivity contribution in [2.24, 2.45) is 0 Å². The highest BCUT2D eigenvalue weighted by atomic mass is 19.4. The Hall–Kier alpha value is -2.80. The summed E-state index contributed by atoms with van der Waals surface area (Å²) in [6.45, 7) is 5.18. The zero-order chi connectivity index (χ0) is 19.2. The SMILES string of the molecule is C=CCOc1ccc(OC(=O)c2ccc(C(C)OC(F)(F)F)cc2)cc1. The molecule has 26 heavy (non-hydrogen) atoms. The summed E-state index contributed by atoms with van der Waals surface area (Å²) in [5.41, 5.74) is 0.502. The number of benzene rings is 2. The summed E-state index contributed by atoms with van der Waals surface area (Å²) in [5.74, 6) is 0.298. The minimum Gasteiger partial charge on any atom is -0.490 e. The Morgan fingerprint density at radius 1 is 1.08 bits per heavy atom. The number of carbonyl (C=O) groups excluding carboxylic acids is 1. The molecule has 1 unspecified atom stereocenters. The first-order valence-corrected chi connectivity index (χ1v) is 7.69. The second-order valence-electron chi connectivity index (χ2n) is 5.29. The van der Waals surface area contributed by atoms with Crippen molar-refractivity contribution in [2.75, 3.05) is 6.61 Å². The van der Waals surface area contributed by atoms with Gasteiger partial charge in [0.2, 0.25) is 0 Å². The summed E-state index contributed by atoms with van der Waals surface area (Å²) < 4.78 is 51.1. The molecule has 0 aliphatic carbocycles. The standard InChI is InChI=1S/C19H17F3O4/c1-3-12-24-16-8-10-17(11-9-16)25-18(23)15-6-4-14(5-7-15)13(2)26-19(20,21)22/h3-11,13H,1,12H2,2H3. The minimum absolute atomic E-state index is 0.208. The highest BCUT2D eigenvalue weighted by Crippen LogP contribution is 2.27. The molecular formula is C19H17F3O4. The first kappa shape index (κ1) is 19.5. The molecular weight excluding hydrogens is 349 g/mol. The van der Waals surface area contributed by atoms with Crippen LogP contribution in [0.15, 0.2) is 61.2 Å². The highest BCUT2D eigenvalue weighted by Gasteiger charge is 2.32. The Bertz CT molecular complexity index is 737. The van der Waals surface area contributed by atoms with Crippen molar-refractivity contribution in [3.8, 4) is 11.5 Å². The van der Waals surface area contributed by atoms with E-state index in [-0.39, 0.29) is 5.56 Å². The molecule has 0 radical (unpaired) electrons. The lowest BCUT2D eigenvalue weighted by Crippen LogP contribution is -2.16. The third kappa shape index (κ3) is 5.93. The van der Waals surface area contributed by atoms with Crippen molar-refractivity contribution in [1.82, 2.24) is 0 Å². The average molecular weight is 366 g/mol. The Morgan fingerprint density at radius 3 is 2.19 bits per heavy atom. The molecule has 0 spiro atoms. The quantitative estimate of drug-likeness (QED) is 0.390. The predicted octanol–water partition coefficient (Wildman–Crippen LogP) is 5.07. The molecule has 0 saturated heterocycles. The van der Waals surface area contributed by atoms with E-state index in [9.17, 15) is 18.0 Å². The van der Waals surface area contributed by atoms with Crippen LogP contribution in [0.5, 0.6) is 11.5 Å². The molecule has 2 aromatic rings. The minimum atomic E-state index is -4.72. The Morgan fingerprint density at radius 2 is 1.65 bits per heavy atom. The van der Waals surface area contributed by atoms with E-state index >= 15 is 0 Å². The van der Waals surface area contributed by atoms with E-state index in [0.29, 0.717) is 23.7 Å². The third-order valence-electron chi connectivity index (χ3n) is 3.33. The van der Waals surface area contributed by atoms with Gasteiger partial charge in [0.25, 0.3) is 0 Å². The Kier molecular flexibility index (Phi) is 6.41. The fourth-order valence-corrected chi connectivity index (χ4v) is 2.08. The number of rotatable bonds is 7. The lowest BCUT2D eigenvalue weighted by atomic mass is 10.1. The maximum atomic E-state index is 12.2. The van der Waals surface area contributed by atoms with Gasteiger partial charge in [-0.2, -0.15) is 0 Å². The van der Waals surface area contributed by atoms with Crippen LogP contribution in [0, 0.1) is 0 Å². The van der Waals surface area contributed by atoms with E-state index in [1.54, 1.807) is 30.3 Å². The van der Waals surface area contributed by atoms with E-state index in [1.807, 2.05) is 0 Å². The molecule has 7 heteroatoms. The summed E-state index contributed by atoms with van der Waals surface area (Å²) in [6.07, 6.45) is -4.29. The molecule has 0 saturated carbocycles. The number of alkyl halides is 3. The first-order valence-electron chi connectivity index (χ1n) is 7.69. The van der Waals surface area contributed by atoms with Gasteiger partial charge >= 0.3 is 12.3 Å². The van der Waals surface area contributed by atoms with Crippen LogP contribution in [0.3, 0.4) is 0 Å². The van der Waals surface area contributed by atoms with Crippen molar-refractivity contribution in [2.45, 2.75) is 19.4 Å². The van der Waals surface area contributed by atoms with Gasteiger partial charge in [-0.25, -0.2) is 4.79 Å². The zero-order valence-corrected chi connectivity index (χ0v) is 14.0. The molecule has 0 amide bonds. The smallest absolute Gasteiger partial charge is 0.490 e. The van der Waals surface area contributed by atoms with E-state index in [2.05, 4.69) is 11.3 Å². The van der Waals surface area contributed by atoms with Gasteiger partial charge in [-0.05, 0) is 48.9 Å². The number of carbonyl (C=O) groups is 1. The molecule has 0 aliphatic rings. The number of ether oxygens (including phenoxy) is 3. The molecule has 0 fully saturated rings. The van der Waals surface area contributed by atoms with Crippen molar-refractivity contribution in [3.63, 3.8) is 0 Å². The Balaban J connectivity index is 1.98. The summed E-state index contributed by atoms with van der Waals surface area (Å²) in [7, 11) is 0. The van der Waals surface area contributed by atoms with E-state index < -0.39 is 18.4 Å². The van der Waals surface area contributed by atoms with Gasteiger partial charge in [0.1, 0.15) is 18.1 Å². The third-order valence-corrected chi connectivity index (χ3v) is 3.33. The number of esters is 1. The Labute approximate surface area is 148 Å². The average Bonchev–Trinajstić information content (AvgIpc) is 2.60. The molecule has 2 aromatic carbocycles. The molecule has 0 N–H and O–H groups in total. The lowest BCUT2D eigenvalue weighted by Gasteiger charge is -2.15. The van der Waals surface area contributed by atoms with E-state index in [0.717, 1.165) is 0 Å². The van der Waals surface area contributed by atoms with Gasteiger partial charge in [0, 0.05) is 0 Å². The van der Waals surface area contributed by atoms with E-state index in [4.69, 9.17) is 9.47 Å². The summed E-state index contributed by atoms with van der Waals surface area (Å²) in [4.78, 5) is 12.1. The second kappa shape index (κ2) is 8.53. The van der Waals surface area contributed by atoms with Gasteiger partial charge in [-0.3, -0.25) is 4.74 Å². The fourth-order valence-electron chi connectivity index (χ4n) is 2.08. The molecule has 0 heterocycles. The predicted molar refractivity (Wildman–Crippen MR) is 89.1 cm³/mol. The van der Waals surface area contributed by atoms with Crippen molar-refractivity contribution >= 4 is 5.97 Å². The van der Waals surface area contributed by atoms with Crippen LogP contribution in [-0.2, 0) is 4.74 Å². The number of hydrogen-bond acceptors (Lipinski definition) is 4. The van der Waals surface area contributed by atoms with Crippen LogP contribution in [0.25, 0.3) is 0 Å². The zero-order valence-electron chi connectivity index (χ0n) is 14.0. The monoisotopic (exact) mass is 366 g/mol. The van der Waals surface area contributed by atoms with Crippen LogP contribution in [-0.4, -0.2) is 18.9 Å². The van der Waals surface area contributed by atoms with Crippen molar-refractivity contribution in [3.05, 3.63) is 72.3 Å². The van der Waals surface area contributed by atoms with Crippen molar-refractivity contribution < 1.29 is 32.2 Å². The van der Waals surface area contributed by atoms with E-state index in [1.165, 1.54) is 31.2 Å². The van der Waals surface area contributed by atoms with Gasteiger partial charge < -0.3 is 9.47 Å². The molecule has 4 nitrogen and oxygen atoms in total. The van der Waals surface area contributed by atoms with Crippen LogP contribution in [0.2, 0.25) is 0 Å².